The minimum Gasteiger partial charge on any atom is -0.444 e. The van der Waals surface area contributed by atoms with Crippen LogP contribution in [0.3, 0.4) is 0 Å². The van der Waals surface area contributed by atoms with Crippen molar-refractivity contribution in [2.45, 2.75) is 58.1 Å². The van der Waals surface area contributed by atoms with Crippen molar-refractivity contribution in [1.29, 1.82) is 0 Å². The van der Waals surface area contributed by atoms with E-state index in [9.17, 15) is 9.18 Å². The summed E-state index contributed by atoms with van der Waals surface area (Å²) in [7, 11) is 0. The Bertz CT molecular complexity index is 564. The summed E-state index contributed by atoms with van der Waals surface area (Å²) in [6, 6.07) is 6.99. The molecular weight excluding hydrogens is 293 g/mol. The molecule has 2 aliphatic heterocycles. The normalized spacial score (nSPS) is 27.1. The van der Waals surface area contributed by atoms with Gasteiger partial charge in [-0.15, -0.1) is 0 Å². The molecule has 3 aliphatic rings. The molecule has 1 aromatic rings. The Balaban J connectivity index is 1.70. The lowest BCUT2D eigenvalue weighted by molar-refractivity contribution is -0.0316. The number of carbonyl (C=O) groups excluding carboxylic acids is 1. The Morgan fingerprint density at radius 1 is 1.26 bits per heavy atom. The first-order chi connectivity index (χ1) is 10.8. The van der Waals surface area contributed by atoms with Gasteiger partial charge in [0.2, 0.25) is 0 Å². The molecule has 2 saturated heterocycles. The van der Waals surface area contributed by atoms with E-state index in [0.717, 1.165) is 31.4 Å². The number of piperidine rings is 2. The Labute approximate surface area is 137 Å². The van der Waals surface area contributed by atoms with Crippen LogP contribution in [0.4, 0.5) is 9.18 Å². The maximum Gasteiger partial charge on any atom is 0.410 e. The van der Waals surface area contributed by atoms with E-state index < -0.39 is 5.60 Å². The summed E-state index contributed by atoms with van der Waals surface area (Å²) in [5, 5.41) is 0. The number of halogens is 1. The highest BCUT2D eigenvalue weighted by Gasteiger charge is 2.43. The minimum atomic E-state index is -0.458. The number of nitrogens with zero attached hydrogens (tertiary/aromatic N) is 1. The lowest BCUT2D eigenvalue weighted by Crippen LogP contribution is -2.56. The number of fused-ring (bicyclic) bond motifs is 3. The van der Waals surface area contributed by atoms with Gasteiger partial charge in [0.15, 0.2) is 0 Å². The number of hydrogen-bond donors (Lipinski definition) is 0. The number of hydrogen-bond acceptors (Lipinski definition) is 2. The molecule has 0 aromatic heterocycles. The smallest absolute Gasteiger partial charge is 0.410 e. The molecule has 23 heavy (non-hydrogen) atoms. The molecule has 3 atom stereocenters. The highest BCUT2D eigenvalue weighted by molar-refractivity contribution is 5.69. The maximum absolute atomic E-state index is 13.1. The summed E-state index contributed by atoms with van der Waals surface area (Å²) >= 11 is 0. The second-order valence-corrected chi connectivity index (χ2v) is 7.97. The number of rotatable bonds is 2. The molecule has 2 bridgehead atoms. The fourth-order valence-corrected chi connectivity index (χ4v) is 4.01. The highest BCUT2D eigenvalue weighted by Crippen LogP contribution is 2.41. The van der Waals surface area contributed by atoms with E-state index in [0.29, 0.717) is 11.8 Å². The molecule has 0 spiro atoms. The van der Waals surface area contributed by atoms with E-state index in [2.05, 4.69) is 0 Å². The van der Waals surface area contributed by atoms with Crippen LogP contribution in [0.25, 0.3) is 0 Å². The summed E-state index contributed by atoms with van der Waals surface area (Å²) in [6.07, 6.45) is 4.12. The number of carbonyl (C=O) groups is 1. The minimum absolute atomic E-state index is 0.184. The van der Waals surface area contributed by atoms with Crippen LogP contribution in [0, 0.1) is 17.7 Å². The van der Waals surface area contributed by atoms with Gasteiger partial charge in [0.1, 0.15) is 11.4 Å². The second kappa shape index (κ2) is 6.14. The summed E-state index contributed by atoms with van der Waals surface area (Å²) in [5.41, 5.74) is 0.688. The molecular formula is C19H26FNO2. The van der Waals surface area contributed by atoms with Crippen molar-refractivity contribution in [1.82, 2.24) is 4.90 Å². The molecule has 3 fully saturated rings. The molecule has 1 aromatic carbocycles. The summed E-state index contributed by atoms with van der Waals surface area (Å²) < 4.78 is 18.7. The van der Waals surface area contributed by atoms with Crippen molar-refractivity contribution < 1.29 is 13.9 Å². The average Bonchev–Trinajstić information content (AvgIpc) is 2.48. The van der Waals surface area contributed by atoms with Gasteiger partial charge in [-0.25, -0.2) is 9.18 Å². The van der Waals surface area contributed by atoms with Crippen molar-refractivity contribution in [3.8, 4) is 0 Å². The molecule has 4 heteroatoms. The predicted octanol–water partition coefficient (Wildman–Crippen LogP) is 4.40. The zero-order valence-electron chi connectivity index (χ0n) is 14.2. The first-order valence-electron chi connectivity index (χ1n) is 8.56. The standard InChI is InChI=1S/C19H26FNO2/c1-19(2,3)23-18(22)21-12-14-6-9-17(21)15(11-14)10-13-4-7-16(20)8-5-13/h4-5,7-8,14-15,17H,6,9-12H2,1-3H3/t14-,15+,17+/m0/s1. The van der Waals surface area contributed by atoms with E-state index in [-0.39, 0.29) is 18.0 Å². The van der Waals surface area contributed by atoms with Crippen LogP contribution in [0.2, 0.25) is 0 Å². The Hall–Kier alpha value is -1.58. The van der Waals surface area contributed by atoms with Crippen LogP contribution in [0.5, 0.6) is 0 Å². The van der Waals surface area contributed by atoms with E-state index >= 15 is 0 Å². The van der Waals surface area contributed by atoms with Crippen LogP contribution in [0.1, 0.15) is 45.6 Å². The summed E-state index contributed by atoms with van der Waals surface area (Å²) in [6.45, 7) is 6.54. The molecule has 126 valence electrons. The van der Waals surface area contributed by atoms with Crippen molar-refractivity contribution in [2.75, 3.05) is 6.54 Å². The Morgan fingerprint density at radius 2 is 1.96 bits per heavy atom. The van der Waals surface area contributed by atoms with Crippen molar-refractivity contribution in [2.24, 2.45) is 11.8 Å². The molecule has 0 radical (unpaired) electrons. The van der Waals surface area contributed by atoms with Crippen LogP contribution in [-0.2, 0) is 11.2 Å². The van der Waals surface area contributed by atoms with Gasteiger partial charge in [-0.1, -0.05) is 12.1 Å². The summed E-state index contributed by atoms with van der Waals surface area (Å²) in [4.78, 5) is 14.4. The van der Waals surface area contributed by atoms with E-state index in [1.54, 1.807) is 0 Å². The SMILES string of the molecule is CC(C)(C)OC(=O)N1C[C@H]2CC[C@@H]1[C@H](Cc1ccc(F)cc1)C2. The van der Waals surface area contributed by atoms with Gasteiger partial charge in [-0.3, -0.25) is 0 Å². The van der Waals surface area contributed by atoms with Gasteiger partial charge in [0.05, 0.1) is 0 Å². The molecule has 0 unspecified atom stereocenters. The lowest BCUT2D eigenvalue weighted by atomic mass is 9.71. The third-order valence-electron chi connectivity index (χ3n) is 4.95. The third-order valence-corrected chi connectivity index (χ3v) is 4.95. The maximum atomic E-state index is 13.1. The molecule has 1 aliphatic carbocycles. The predicted molar refractivity (Wildman–Crippen MR) is 87.7 cm³/mol. The van der Waals surface area contributed by atoms with E-state index in [1.807, 2.05) is 37.8 Å². The van der Waals surface area contributed by atoms with Gasteiger partial charge in [0, 0.05) is 12.6 Å². The van der Waals surface area contributed by atoms with Gasteiger partial charge in [-0.05, 0) is 76.0 Å². The van der Waals surface area contributed by atoms with Crippen LogP contribution in [-0.4, -0.2) is 29.2 Å². The van der Waals surface area contributed by atoms with Crippen molar-refractivity contribution >= 4 is 6.09 Å². The number of ether oxygens (including phenoxy) is 1. The van der Waals surface area contributed by atoms with E-state index in [4.69, 9.17) is 4.74 Å². The molecule has 4 rings (SSSR count). The van der Waals surface area contributed by atoms with Crippen molar-refractivity contribution in [3.05, 3.63) is 35.6 Å². The molecule has 1 amide bonds. The zero-order chi connectivity index (χ0) is 16.6. The average molecular weight is 319 g/mol. The van der Waals surface area contributed by atoms with Gasteiger partial charge >= 0.3 is 6.09 Å². The number of amides is 1. The second-order valence-electron chi connectivity index (χ2n) is 7.97. The highest BCUT2D eigenvalue weighted by atomic mass is 19.1. The first-order valence-corrected chi connectivity index (χ1v) is 8.56. The monoisotopic (exact) mass is 319 g/mol. The Kier molecular flexibility index (Phi) is 4.35. The molecule has 3 nitrogen and oxygen atoms in total. The van der Waals surface area contributed by atoms with Crippen LogP contribution < -0.4 is 0 Å². The molecule has 0 N–H and O–H groups in total. The fraction of sp³-hybridized carbons (Fsp3) is 0.632. The van der Waals surface area contributed by atoms with Crippen LogP contribution >= 0.6 is 0 Å². The number of benzene rings is 1. The molecule has 2 heterocycles. The first kappa shape index (κ1) is 16.3. The van der Waals surface area contributed by atoms with Gasteiger partial charge in [0.25, 0.3) is 0 Å². The molecule has 1 saturated carbocycles. The Morgan fingerprint density at radius 3 is 2.57 bits per heavy atom. The summed E-state index contributed by atoms with van der Waals surface area (Å²) in [5.74, 6) is 0.813. The lowest BCUT2D eigenvalue weighted by Gasteiger charge is -2.50. The van der Waals surface area contributed by atoms with Crippen molar-refractivity contribution in [3.63, 3.8) is 0 Å². The largest absolute Gasteiger partial charge is 0.444 e. The zero-order valence-corrected chi connectivity index (χ0v) is 14.2. The van der Waals surface area contributed by atoms with Gasteiger partial charge < -0.3 is 9.64 Å². The van der Waals surface area contributed by atoms with Crippen LogP contribution in [0.15, 0.2) is 24.3 Å². The topological polar surface area (TPSA) is 29.5 Å². The quantitative estimate of drug-likeness (QED) is 0.808. The van der Waals surface area contributed by atoms with Gasteiger partial charge in [-0.2, -0.15) is 0 Å². The third kappa shape index (κ3) is 3.85. The van der Waals surface area contributed by atoms with E-state index in [1.165, 1.54) is 18.6 Å². The fourth-order valence-electron chi connectivity index (χ4n) is 4.01.